The first-order valence-electron chi connectivity index (χ1n) is 17.3. The van der Waals surface area contributed by atoms with Crippen LogP contribution in [0.3, 0.4) is 0 Å². The molecule has 1 aliphatic heterocycles. The lowest BCUT2D eigenvalue weighted by molar-refractivity contribution is -0.134. The van der Waals surface area contributed by atoms with E-state index in [0.717, 1.165) is 88.2 Å². The molecular weight excluding hydrogens is 704 g/mol. The predicted octanol–water partition coefficient (Wildman–Crippen LogP) is 6.89. The highest BCUT2D eigenvalue weighted by atomic mass is 35.5. The average molecular weight is 745 g/mol. The van der Waals surface area contributed by atoms with Crippen LogP contribution in [0.2, 0.25) is 5.15 Å². The Bertz CT molecular complexity index is 2160. The molecule has 0 saturated heterocycles. The number of aryl methyl sites for hydroxylation is 2. The number of hydrogen-bond acceptors (Lipinski definition) is 11. The van der Waals surface area contributed by atoms with Crippen molar-refractivity contribution in [3.8, 4) is 5.75 Å². The Hall–Kier alpha value is -4.20. The van der Waals surface area contributed by atoms with Gasteiger partial charge in [0, 0.05) is 56.0 Å². The minimum absolute atomic E-state index is 0.0416. The lowest BCUT2D eigenvalue weighted by atomic mass is 9.87. The molecule has 0 saturated carbocycles. The van der Waals surface area contributed by atoms with Gasteiger partial charge in [0.1, 0.15) is 39.0 Å². The SMILES string of the molecule is CCCOc1cc2c(cc1Nc1ncnc3sc4c(c13)CCC(C(=O)N(C)C)C4)C=NC2.CN(C)C(=O)C1CCc2c(sc3ncnc(Cl)c23)C1. The number of carbonyl (C=O) groups excluding carboxylic acids is 2. The van der Waals surface area contributed by atoms with Gasteiger partial charge in [-0.25, -0.2) is 19.9 Å². The number of aromatic nitrogens is 4. The van der Waals surface area contributed by atoms with Gasteiger partial charge < -0.3 is 19.9 Å². The normalized spacial score (nSPS) is 17.3. The summed E-state index contributed by atoms with van der Waals surface area (Å²) in [5.41, 5.74) is 5.70. The van der Waals surface area contributed by atoms with Gasteiger partial charge in [0.25, 0.3) is 0 Å². The molecule has 5 heterocycles. The Kier molecular flexibility index (Phi) is 10.2. The second kappa shape index (κ2) is 14.8. The van der Waals surface area contributed by atoms with Gasteiger partial charge in [-0.05, 0) is 79.3 Å². The number of thiophene rings is 2. The number of ether oxygens (including phenoxy) is 1. The summed E-state index contributed by atoms with van der Waals surface area (Å²) in [5, 5.41) is 6.12. The first-order valence-corrected chi connectivity index (χ1v) is 19.3. The molecule has 0 bridgehead atoms. The van der Waals surface area contributed by atoms with Gasteiger partial charge in [-0.2, -0.15) is 0 Å². The van der Waals surface area contributed by atoms with Crippen molar-refractivity contribution >= 4 is 84.2 Å². The van der Waals surface area contributed by atoms with Crippen LogP contribution < -0.4 is 10.1 Å². The Balaban J connectivity index is 0.000000182. The Morgan fingerprint density at radius 1 is 0.882 bits per heavy atom. The zero-order valence-electron chi connectivity index (χ0n) is 29.5. The van der Waals surface area contributed by atoms with Crippen molar-refractivity contribution in [2.24, 2.45) is 16.8 Å². The summed E-state index contributed by atoms with van der Waals surface area (Å²) >= 11 is 9.49. The van der Waals surface area contributed by atoms with Gasteiger partial charge in [0.05, 0.1) is 29.6 Å². The van der Waals surface area contributed by atoms with Crippen LogP contribution in [0.1, 0.15) is 58.2 Å². The molecule has 4 aromatic heterocycles. The van der Waals surface area contributed by atoms with Crippen molar-refractivity contribution in [2.75, 3.05) is 40.1 Å². The number of rotatable bonds is 7. The molecule has 3 aliphatic rings. The molecule has 2 amide bonds. The summed E-state index contributed by atoms with van der Waals surface area (Å²) in [5.74, 6) is 2.15. The van der Waals surface area contributed by atoms with Crippen molar-refractivity contribution in [1.82, 2.24) is 29.7 Å². The van der Waals surface area contributed by atoms with Crippen LogP contribution in [0, 0.1) is 11.8 Å². The van der Waals surface area contributed by atoms with Gasteiger partial charge in [-0.1, -0.05) is 18.5 Å². The number of halogens is 1. The summed E-state index contributed by atoms with van der Waals surface area (Å²) in [7, 11) is 7.28. The van der Waals surface area contributed by atoms with E-state index < -0.39 is 0 Å². The summed E-state index contributed by atoms with van der Waals surface area (Å²) < 4.78 is 6.05. The van der Waals surface area contributed by atoms with Gasteiger partial charge in [0.15, 0.2) is 0 Å². The lowest BCUT2D eigenvalue weighted by Crippen LogP contribution is -2.32. The molecular formula is C37H41ClN8O3S2. The molecule has 8 rings (SSSR count). The smallest absolute Gasteiger partial charge is 0.225 e. The van der Waals surface area contributed by atoms with E-state index >= 15 is 0 Å². The van der Waals surface area contributed by atoms with Crippen molar-refractivity contribution < 1.29 is 14.3 Å². The molecule has 266 valence electrons. The summed E-state index contributed by atoms with van der Waals surface area (Å²) in [4.78, 5) is 54.2. The molecule has 1 aromatic carbocycles. The summed E-state index contributed by atoms with van der Waals surface area (Å²) in [6.07, 6.45) is 11.0. The van der Waals surface area contributed by atoms with E-state index in [1.807, 2.05) is 34.4 Å². The molecule has 51 heavy (non-hydrogen) atoms. The molecule has 11 nitrogen and oxygen atoms in total. The van der Waals surface area contributed by atoms with Crippen LogP contribution in [0.4, 0.5) is 11.5 Å². The number of benzene rings is 1. The first kappa shape index (κ1) is 35.2. The minimum atomic E-state index is 0.0416. The van der Waals surface area contributed by atoms with E-state index in [9.17, 15) is 9.59 Å². The Labute approximate surface area is 310 Å². The third kappa shape index (κ3) is 7.03. The maximum absolute atomic E-state index is 12.5. The highest BCUT2D eigenvalue weighted by Crippen LogP contribution is 2.43. The number of aliphatic imine (C=N–C) groups is 1. The van der Waals surface area contributed by atoms with Crippen LogP contribution in [0.5, 0.6) is 5.75 Å². The number of amides is 2. The molecule has 2 aliphatic carbocycles. The second-order valence-electron chi connectivity index (χ2n) is 13.6. The number of carbonyl (C=O) groups is 2. The molecule has 14 heteroatoms. The summed E-state index contributed by atoms with van der Waals surface area (Å²) in [6, 6.07) is 4.18. The molecule has 1 N–H and O–H groups in total. The van der Waals surface area contributed by atoms with Crippen LogP contribution in [0.25, 0.3) is 20.4 Å². The number of hydrogen-bond donors (Lipinski definition) is 1. The quantitative estimate of drug-likeness (QED) is 0.179. The fourth-order valence-corrected chi connectivity index (χ4v) is 9.96. The fraction of sp³-hybridized carbons (Fsp3) is 0.432. The zero-order valence-corrected chi connectivity index (χ0v) is 31.8. The molecule has 0 radical (unpaired) electrons. The van der Waals surface area contributed by atoms with Crippen LogP contribution in [-0.4, -0.2) is 82.6 Å². The van der Waals surface area contributed by atoms with E-state index in [-0.39, 0.29) is 23.7 Å². The standard InChI is InChI=1S/C24H27N5O2S.C13H14ClN3OS/c1-4-7-31-19-9-16-12-25-11-15(16)8-18(19)28-22-21-17-6-5-14(24(30)29(2)3)10-20(17)32-23(21)27-13-26-22;1-17(2)13(18)7-3-4-8-9(5-7)19-12-10(8)11(14)15-6-16-12/h8-9,11,13-14H,4-7,10,12H2,1-3H3,(H,26,27,28);6-7H,3-5H2,1-2H3. The molecule has 2 unspecified atom stereocenters. The van der Waals surface area contributed by atoms with Gasteiger partial charge >= 0.3 is 0 Å². The third-order valence-electron chi connectivity index (χ3n) is 9.67. The van der Waals surface area contributed by atoms with Crippen molar-refractivity contribution in [3.05, 3.63) is 61.9 Å². The predicted molar refractivity (Wildman–Crippen MR) is 205 cm³/mol. The molecule has 2 atom stereocenters. The maximum Gasteiger partial charge on any atom is 0.225 e. The lowest BCUT2D eigenvalue weighted by Gasteiger charge is -2.24. The first-order chi connectivity index (χ1) is 24.6. The molecule has 0 spiro atoms. The minimum Gasteiger partial charge on any atom is -0.491 e. The second-order valence-corrected chi connectivity index (χ2v) is 16.1. The highest BCUT2D eigenvalue weighted by Gasteiger charge is 2.31. The van der Waals surface area contributed by atoms with Crippen LogP contribution >= 0.6 is 34.3 Å². The van der Waals surface area contributed by atoms with E-state index in [0.29, 0.717) is 18.3 Å². The third-order valence-corrected chi connectivity index (χ3v) is 12.3. The maximum atomic E-state index is 12.5. The Morgan fingerprint density at radius 3 is 2.12 bits per heavy atom. The van der Waals surface area contributed by atoms with Gasteiger partial charge in [-0.15, -0.1) is 22.7 Å². The average Bonchev–Trinajstić information content (AvgIpc) is 3.85. The van der Waals surface area contributed by atoms with E-state index in [1.165, 1.54) is 32.8 Å². The Morgan fingerprint density at radius 2 is 1.49 bits per heavy atom. The molecule has 0 fully saturated rings. The van der Waals surface area contributed by atoms with E-state index in [2.05, 4.69) is 49.3 Å². The number of anilines is 2. The zero-order chi connectivity index (χ0) is 35.8. The highest BCUT2D eigenvalue weighted by molar-refractivity contribution is 7.19. The number of fused-ring (bicyclic) bond motifs is 7. The van der Waals surface area contributed by atoms with Crippen molar-refractivity contribution in [2.45, 2.75) is 58.4 Å². The van der Waals surface area contributed by atoms with E-state index in [4.69, 9.17) is 16.3 Å². The fourth-order valence-electron chi connectivity index (χ4n) is 7.12. The molecule has 5 aromatic rings. The van der Waals surface area contributed by atoms with Gasteiger partial charge in [-0.3, -0.25) is 14.6 Å². The van der Waals surface area contributed by atoms with Crippen LogP contribution in [-0.2, 0) is 41.8 Å². The number of nitrogens with zero attached hydrogens (tertiary/aromatic N) is 7. The van der Waals surface area contributed by atoms with Gasteiger partial charge in [0.2, 0.25) is 11.8 Å². The topological polar surface area (TPSA) is 126 Å². The van der Waals surface area contributed by atoms with Crippen molar-refractivity contribution in [1.29, 1.82) is 0 Å². The van der Waals surface area contributed by atoms with E-state index in [1.54, 1.807) is 38.8 Å². The number of nitrogens with one attached hydrogen (secondary N) is 1. The van der Waals surface area contributed by atoms with Crippen LogP contribution in [0.15, 0.2) is 29.8 Å². The summed E-state index contributed by atoms with van der Waals surface area (Å²) in [6.45, 7) is 3.45. The monoisotopic (exact) mass is 744 g/mol. The van der Waals surface area contributed by atoms with Crippen molar-refractivity contribution in [3.63, 3.8) is 0 Å². The largest absolute Gasteiger partial charge is 0.491 e.